The fraction of sp³-hybridized carbons (Fsp3) is 0.167. The number of benzene rings is 1. The van der Waals surface area contributed by atoms with Gasteiger partial charge >= 0.3 is 0 Å². The third kappa shape index (κ3) is 2.85. The Labute approximate surface area is 149 Å². The van der Waals surface area contributed by atoms with Gasteiger partial charge in [0.15, 0.2) is 0 Å². The molecule has 3 aromatic heterocycles. The van der Waals surface area contributed by atoms with E-state index in [0.29, 0.717) is 17.4 Å². The second-order valence-corrected chi connectivity index (χ2v) is 6.21. The summed E-state index contributed by atoms with van der Waals surface area (Å²) in [5.41, 5.74) is 3.89. The summed E-state index contributed by atoms with van der Waals surface area (Å²) in [6.07, 6.45) is 7.08. The zero-order chi connectivity index (χ0) is 17.4. The Balaban J connectivity index is 1.73. The zero-order valence-electron chi connectivity index (χ0n) is 13.8. The minimum Gasteiger partial charge on any atom is -0.481 e. The number of pyridine rings is 1. The van der Waals surface area contributed by atoms with Crippen LogP contribution in [-0.4, -0.2) is 31.2 Å². The van der Waals surface area contributed by atoms with Gasteiger partial charge < -0.3 is 9.30 Å². The number of ether oxygens (including phenoxy) is 1. The summed E-state index contributed by atoms with van der Waals surface area (Å²) in [6.45, 7) is 0.625. The topological polar surface area (TPSA) is 57.8 Å². The van der Waals surface area contributed by atoms with Gasteiger partial charge in [0.25, 0.3) is 0 Å². The highest BCUT2D eigenvalue weighted by atomic mass is 35.5. The number of nitrogens with zero attached hydrogens (tertiary/aromatic N) is 5. The van der Waals surface area contributed by atoms with E-state index in [2.05, 4.69) is 16.0 Å². The third-order valence-corrected chi connectivity index (χ3v) is 4.37. The zero-order valence-corrected chi connectivity index (χ0v) is 14.6. The van der Waals surface area contributed by atoms with E-state index in [1.807, 2.05) is 46.8 Å². The molecule has 0 saturated heterocycles. The average Bonchev–Trinajstić information content (AvgIpc) is 3.20. The fourth-order valence-corrected chi connectivity index (χ4v) is 3.08. The molecule has 126 valence electrons. The summed E-state index contributed by atoms with van der Waals surface area (Å²) in [5, 5.41) is 0.695. The Morgan fingerprint density at radius 2 is 2.00 bits per heavy atom. The smallest absolute Gasteiger partial charge is 0.213 e. The minimum absolute atomic E-state index is 0.625. The van der Waals surface area contributed by atoms with Crippen molar-refractivity contribution in [3.63, 3.8) is 0 Å². The highest BCUT2D eigenvalue weighted by molar-refractivity contribution is 6.31. The first-order valence-corrected chi connectivity index (χ1v) is 8.14. The van der Waals surface area contributed by atoms with Gasteiger partial charge in [-0.1, -0.05) is 11.6 Å². The molecular weight excluding hydrogens is 338 g/mol. The van der Waals surface area contributed by atoms with Crippen LogP contribution >= 0.6 is 11.6 Å². The van der Waals surface area contributed by atoms with Gasteiger partial charge in [-0.05, 0) is 29.8 Å². The molecule has 3 heterocycles. The van der Waals surface area contributed by atoms with E-state index in [9.17, 15) is 0 Å². The molecule has 0 bridgehead atoms. The normalized spacial score (nSPS) is 11.2. The number of halogens is 1. The van der Waals surface area contributed by atoms with Crippen molar-refractivity contribution in [2.75, 3.05) is 7.11 Å². The molecule has 0 aliphatic heterocycles. The Kier molecular flexibility index (Phi) is 3.89. The molecule has 4 aromatic rings. The molecule has 4 rings (SSSR count). The van der Waals surface area contributed by atoms with Crippen LogP contribution in [0.3, 0.4) is 0 Å². The van der Waals surface area contributed by atoms with Crippen molar-refractivity contribution in [2.45, 2.75) is 6.54 Å². The highest BCUT2D eigenvalue weighted by Gasteiger charge is 2.12. The maximum absolute atomic E-state index is 6.11. The van der Waals surface area contributed by atoms with Gasteiger partial charge in [0, 0.05) is 30.0 Å². The molecule has 0 spiro atoms. The molecule has 0 fully saturated rings. The fourth-order valence-electron chi connectivity index (χ4n) is 2.91. The van der Waals surface area contributed by atoms with Crippen LogP contribution in [0.15, 0.2) is 49.2 Å². The van der Waals surface area contributed by atoms with Crippen molar-refractivity contribution >= 4 is 22.6 Å². The van der Waals surface area contributed by atoms with E-state index < -0.39 is 0 Å². The maximum atomic E-state index is 6.11. The lowest BCUT2D eigenvalue weighted by molar-refractivity contribution is 0.377. The molecule has 7 heteroatoms. The van der Waals surface area contributed by atoms with E-state index >= 15 is 0 Å². The second kappa shape index (κ2) is 6.22. The van der Waals surface area contributed by atoms with Crippen LogP contribution in [0.25, 0.3) is 22.4 Å². The Morgan fingerprint density at radius 1 is 1.12 bits per heavy atom. The van der Waals surface area contributed by atoms with Crippen molar-refractivity contribution in [1.82, 2.24) is 24.1 Å². The van der Waals surface area contributed by atoms with Crippen LogP contribution < -0.4 is 4.74 Å². The summed E-state index contributed by atoms with van der Waals surface area (Å²) in [5.74, 6) is 1.56. The molecule has 0 radical (unpaired) electrons. The first-order valence-electron chi connectivity index (χ1n) is 7.76. The molecule has 0 amide bonds. The van der Waals surface area contributed by atoms with E-state index in [4.69, 9.17) is 21.3 Å². The number of rotatable bonds is 4. The van der Waals surface area contributed by atoms with Crippen molar-refractivity contribution in [3.8, 4) is 17.3 Å². The van der Waals surface area contributed by atoms with Crippen molar-refractivity contribution < 1.29 is 4.74 Å². The summed E-state index contributed by atoms with van der Waals surface area (Å²) in [4.78, 5) is 13.2. The quantitative estimate of drug-likeness (QED) is 0.563. The number of hydrogen-bond acceptors (Lipinski definition) is 4. The van der Waals surface area contributed by atoms with E-state index in [-0.39, 0.29) is 0 Å². The molecule has 0 unspecified atom stereocenters. The predicted octanol–water partition coefficient (Wildman–Crippen LogP) is 3.54. The standard InChI is InChI=1S/C18H16ClN5O/c1-23-16-6-14(19)3-4-15(16)22-18(23)13-5-12(7-20-8-13)10-24-11-21-9-17(24)25-2/h3-9,11H,10H2,1-2H3. The number of imidazole rings is 2. The number of hydrogen-bond donors (Lipinski definition) is 0. The third-order valence-electron chi connectivity index (χ3n) is 4.13. The van der Waals surface area contributed by atoms with Gasteiger partial charge in [0.05, 0.1) is 37.2 Å². The molecule has 0 atom stereocenters. The summed E-state index contributed by atoms with van der Waals surface area (Å²) < 4.78 is 9.25. The van der Waals surface area contributed by atoms with Crippen LogP contribution in [0.5, 0.6) is 5.88 Å². The SMILES string of the molecule is COc1cncn1Cc1cncc(-c2nc3ccc(Cl)cc3n2C)c1. The summed E-state index contributed by atoms with van der Waals surface area (Å²) in [7, 11) is 3.61. The molecule has 1 aromatic carbocycles. The summed E-state index contributed by atoms with van der Waals surface area (Å²) >= 11 is 6.11. The second-order valence-electron chi connectivity index (χ2n) is 5.77. The van der Waals surface area contributed by atoms with Gasteiger partial charge in [-0.2, -0.15) is 0 Å². The molecule has 25 heavy (non-hydrogen) atoms. The van der Waals surface area contributed by atoms with Crippen LogP contribution in [0.4, 0.5) is 0 Å². The number of aromatic nitrogens is 5. The van der Waals surface area contributed by atoms with E-state index in [0.717, 1.165) is 28.0 Å². The van der Waals surface area contributed by atoms with Crippen LogP contribution in [0.2, 0.25) is 5.02 Å². The Hall–Kier alpha value is -2.86. The lowest BCUT2D eigenvalue weighted by atomic mass is 10.2. The number of aryl methyl sites for hydroxylation is 1. The molecular formula is C18H16ClN5O. The molecule has 0 aliphatic rings. The first-order chi connectivity index (χ1) is 12.2. The van der Waals surface area contributed by atoms with Gasteiger partial charge in [-0.25, -0.2) is 9.97 Å². The predicted molar refractivity (Wildman–Crippen MR) is 96.8 cm³/mol. The lowest BCUT2D eigenvalue weighted by Gasteiger charge is -2.08. The van der Waals surface area contributed by atoms with Crippen LogP contribution in [-0.2, 0) is 13.6 Å². The highest BCUT2D eigenvalue weighted by Crippen LogP contribution is 2.26. The van der Waals surface area contributed by atoms with Gasteiger partial charge in [0.2, 0.25) is 5.88 Å². The van der Waals surface area contributed by atoms with Crippen LogP contribution in [0.1, 0.15) is 5.56 Å². The minimum atomic E-state index is 0.625. The maximum Gasteiger partial charge on any atom is 0.213 e. The Morgan fingerprint density at radius 3 is 2.84 bits per heavy atom. The van der Waals surface area contributed by atoms with E-state index in [1.54, 1.807) is 19.6 Å². The largest absolute Gasteiger partial charge is 0.481 e. The van der Waals surface area contributed by atoms with Gasteiger partial charge in [-0.3, -0.25) is 9.55 Å². The average molecular weight is 354 g/mol. The number of fused-ring (bicyclic) bond motifs is 1. The Bertz CT molecular complexity index is 1050. The van der Waals surface area contributed by atoms with Crippen LogP contribution in [0, 0.1) is 0 Å². The molecule has 0 N–H and O–H groups in total. The molecule has 0 aliphatic carbocycles. The van der Waals surface area contributed by atoms with Crippen molar-refractivity contribution in [3.05, 3.63) is 59.8 Å². The molecule has 6 nitrogen and oxygen atoms in total. The van der Waals surface area contributed by atoms with E-state index in [1.165, 1.54) is 0 Å². The molecule has 0 saturated carbocycles. The summed E-state index contributed by atoms with van der Waals surface area (Å²) in [6, 6.07) is 7.77. The first kappa shape index (κ1) is 15.7. The van der Waals surface area contributed by atoms with Crippen molar-refractivity contribution in [1.29, 1.82) is 0 Å². The lowest BCUT2D eigenvalue weighted by Crippen LogP contribution is -2.02. The van der Waals surface area contributed by atoms with Gasteiger partial charge in [0.1, 0.15) is 5.82 Å². The monoisotopic (exact) mass is 353 g/mol. The van der Waals surface area contributed by atoms with Gasteiger partial charge in [-0.15, -0.1) is 0 Å². The van der Waals surface area contributed by atoms with Crippen molar-refractivity contribution in [2.24, 2.45) is 7.05 Å². The number of methoxy groups -OCH3 is 1.